The van der Waals surface area contributed by atoms with Crippen LogP contribution >= 0.6 is 11.6 Å². The number of carbonyl (C=O) groups excluding carboxylic acids is 1. The van der Waals surface area contributed by atoms with E-state index in [0.29, 0.717) is 0 Å². The highest BCUT2D eigenvalue weighted by atomic mass is 35.5. The maximum Gasteiger partial charge on any atom is 0.190 e. The molecule has 0 aliphatic carbocycles. The van der Waals surface area contributed by atoms with Crippen molar-refractivity contribution in [1.82, 2.24) is 0 Å². The van der Waals surface area contributed by atoms with Crippen molar-refractivity contribution in [3.8, 4) is 5.75 Å². The van der Waals surface area contributed by atoms with Gasteiger partial charge in [0.25, 0.3) is 0 Å². The second-order valence-corrected chi connectivity index (χ2v) is 4.29. The normalized spacial score (nSPS) is 10.8. The molecule has 2 nitrogen and oxygen atoms in total. The molecular formula is C15H10ClFO2. The third-order valence-corrected chi connectivity index (χ3v) is 2.84. The standard InChI is InChI=1S/C15H10ClFO2/c16-12-2-1-3-13(17)15(12)14(19)9-6-10-4-7-11(18)8-5-10/h1-9,18H. The molecule has 0 saturated heterocycles. The number of carbonyl (C=O) groups is 1. The first kappa shape index (κ1) is 13.3. The average Bonchev–Trinajstić information content (AvgIpc) is 2.38. The van der Waals surface area contributed by atoms with Crippen LogP contribution in [-0.4, -0.2) is 10.9 Å². The predicted molar refractivity (Wildman–Crippen MR) is 72.9 cm³/mol. The molecule has 4 heteroatoms. The molecule has 0 atom stereocenters. The van der Waals surface area contributed by atoms with E-state index in [1.165, 1.54) is 42.5 Å². The van der Waals surface area contributed by atoms with Gasteiger partial charge in [-0.15, -0.1) is 0 Å². The van der Waals surface area contributed by atoms with Gasteiger partial charge in [0.2, 0.25) is 0 Å². The van der Waals surface area contributed by atoms with Crippen LogP contribution in [0.2, 0.25) is 5.02 Å². The van der Waals surface area contributed by atoms with Crippen LogP contribution in [0.25, 0.3) is 6.08 Å². The summed E-state index contributed by atoms with van der Waals surface area (Å²) in [6.45, 7) is 0. The van der Waals surface area contributed by atoms with Crippen molar-refractivity contribution in [2.45, 2.75) is 0 Å². The van der Waals surface area contributed by atoms with E-state index < -0.39 is 11.6 Å². The predicted octanol–water partition coefficient (Wildman–Crippen LogP) is 4.08. The monoisotopic (exact) mass is 276 g/mol. The Labute approximate surface area is 114 Å². The summed E-state index contributed by atoms with van der Waals surface area (Å²) in [5.41, 5.74) is 0.581. The molecule has 0 fully saturated rings. The zero-order valence-electron chi connectivity index (χ0n) is 9.81. The SMILES string of the molecule is O=C(C=Cc1ccc(O)cc1)c1c(F)cccc1Cl. The lowest BCUT2D eigenvalue weighted by atomic mass is 10.1. The van der Waals surface area contributed by atoms with E-state index in [1.807, 2.05) is 0 Å². The maximum absolute atomic E-state index is 13.5. The molecule has 0 bridgehead atoms. The highest BCUT2D eigenvalue weighted by molar-refractivity contribution is 6.34. The van der Waals surface area contributed by atoms with Gasteiger partial charge in [0.05, 0.1) is 10.6 Å². The van der Waals surface area contributed by atoms with Gasteiger partial charge in [-0.1, -0.05) is 35.9 Å². The molecule has 19 heavy (non-hydrogen) atoms. The number of benzene rings is 2. The minimum Gasteiger partial charge on any atom is -0.508 e. The lowest BCUT2D eigenvalue weighted by Crippen LogP contribution is -1.99. The quantitative estimate of drug-likeness (QED) is 0.677. The van der Waals surface area contributed by atoms with Gasteiger partial charge in [-0.05, 0) is 35.9 Å². The third-order valence-electron chi connectivity index (χ3n) is 2.53. The largest absolute Gasteiger partial charge is 0.508 e. The molecule has 0 heterocycles. The van der Waals surface area contributed by atoms with Crippen molar-refractivity contribution in [1.29, 1.82) is 0 Å². The molecule has 2 aromatic rings. The van der Waals surface area contributed by atoms with Gasteiger partial charge in [-0.2, -0.15) is 0 Å². The van der Waals surface area contributed by atoms with Crippen LogP contribution < -0.4 is 0 Å². The van der Waals surface area contributed by atoms with E-state index in [-0.39, 0.29) is 16.3 Å². The van der Waals surface area contributed by atoms with Crippen LogP contribution in [0.4, 0.5) is 4.39 Å². The summed E-state index contributed by atoms with van der Waals surface area (Å²) in [7, 11) is 0. The Morgan fingerprint density at radius 2 is 1.84 bits per heavy atom. The molecular weight excluding hydrogens is 267 g/mol. The number of phenols is 1. The van der Waals surface area contributed by atoms with E-state index in [9.17, 15) is 9.18 Å². The summed E-state index contributed by atoms with van der Waals surface area (Å²) < 4.78 is 13.5. The summed E-state index contributed by atoms with van der Waals surface area (Å²) in [6, 6.07) is 10.4. The van der Waals surface area contributed by atoms with E-state index in [0.717, 1.165) is 5.56 Å². The Hall–Kier alpha value is -2.13. The highest BCUT2D eigenvalue weighted by Gasteiger charge is 2.12. The maximum atomic E-state index is 13.5. The topological polar surface area (TPSA) is 37.3 Å². The second-order valence-electron chi connectivity index (χ2n) is 3.89. The number of aromatic hydroxyl groups is 1. The zero-order valence-corrected chi connectivity index (χ0v) is 10.6. The number of hydrogen-bond acceptors (Lipinski definition) is 2. The lowest BCUT2D eigenvalue weighted by molar-refractivity contribution is 0.104. The smallest absolute Gasteiger partial charge is 0.190 e. The van der Waals surface area contributed by atoms with Crippen molar-refractivity contribution in [3.63, 3.8) is 0 Å². The number of ketones is 1. The van der Waals surface area contributed by atoms with Crippen LogP contribution in [0, 0.1) is 5.82 Å². The molecule has 0 spiro atoms. The number of allylic oxidation sites excluding steroid dienone is 1. The second kappa shape index (κ2) is 5.67. The Morgan fingerprint density at radius 3 is 2.47 bits per heavy atom. The highest BCUT2D eigenvalue weighted by Crippen LogP contribution is 2.20. The molecule has 0 saturated carbocycles. The van der Waals surface area contributed by atoms with Gasteiger partial charge < -0.3 is 5.11 Å². The van der Waals surface area contributed by atoms with E-state index >= 15 is 0 Å². The Bertz CT molecular complexity index is 613. The van der Waals surface area contributed by atoms with Crippen LogP contribution in [0.1, 0.15) is 15.9 Å². The summed E-state index contributed by atoms with van der Waals surface area (Å²) in [5, 5.41) is 9.21. The zero-order chi connectivity index (χ0) is 13.8. The molecule has 0 aliphatic rings. The summed E-state index contributed by atoms with van der Waals surface area (Å²) in [4.78, 5) is 11.9. The first-order valence-electron chi connectivity index (χ1n) is 5.53. The first-order chi connectivity index (χ1) is 9.08. The van der Waals surface area contributed by atoms with Crippen molar-refractivity contribution >= 4 is 23.5 Å². The van der Waals surface area contributed by atoms with Crippen LogP contribution in [0.15, 0.2) is 48.5 Å². The van der Waals surface area contributed by atoms with Crippen LogP contribution in [0.5, 0.6) is 5.75 Å². The van der Waals surface area contributed by atoms with Gasteiger partial charge in [0.1, 0.15) is 11.6 Å². The minimum atomic E-state index is -0.646. The third kappa shape index (κ3) is 3.20. The number of halogens is 2. The van der Waals surface area contributed by atoms with Gasteiger partial charge in [-0.25, -0.2) is 4.39 Å². The fourth-order valence-electron chi connectivity index (χ4n) is 1.57. The number of rotatable bonds is 3. The molecule has 0 aromatic heterocycles. The van der Waals surface area contributed by atoms with Gasteiger partial charge in [0.15, 0.2) is 5.78 Å². The van der Waals surface area contributed by atoms with Crippen molar-refractivity contribution in [2.75, 3.05) is 0 Å². The fraction of sp³-hybridized carbons (Fsp3) is 0. The number of hydrogen-bond donors (Lipinski definition) is 1. The van der Waals surface area contributed by atoms with E-state index in [1.54, 1.807) is 12.1 Å². The van der Waals surface area contributed by atoms with Gasteiger partial charge in [-0.3, -0.25) is 4.79 Å². The summed E-state index contributed by atoms with van der Waals surface area (Å²) in [6.07, 6.45) is 2.78. The molecule has 96 valence electrons. The molecule has 0 unspecified atom stereocenters. The van der Waals surface area contributed by atoms with Gasteiger partial charge in [0, 0.05) is 0 Å². The van der Waals surface area contributed by atoms with Gasteiger partial charge >= 0.3 is 0 Å². The molecule has 2 rings (SSSR count). The molecule has 2 aromatic carbocycles. The Balaban J connectivity index is 2.24. The average molecular weight is 277 g/mol. The molecule has 0 radical (unpaired) electrons. The summed E-state index contributed by atoms with van der Waals surface area (Å²) in [5.74, 6) is -1.01. The Kier molecular flexibility index (Phi) is 3.97. The Morgan fingerprint density at radius 1 is 1.16 bits per heavy atom. The van der Waals surface area contributed by atoms with Crippen LogP contribution in [-0.2, 0) is 0 Å². The van der Waals surface area contributed by atoms with Crippen molar-refractivity contribution in [2.24, 2.45) is 0 Å². The van der Waals surface area contributed by atoms with Crippen molar-refractivity contribution < 1.29 is 14.3 Å². The fourth-order valence-corrected chi connectivity index (χ4v) is 1.83. The lowest BCUT2D eigenvalue weighted by Gasteiger charge is -2.01. The van der Waals surface area contributed by atoms with E-state index in [4.69, 9.17) is 16.7 Å². The van der Waals surface area contributed by atoms with E-state index in [2.05, 4.69) is 0 Å². The number of phenolic OH excluding ortho intramolecular Hbond substituents is 1. The minimum absolute atomic E-state index is 0.0837. The van der Waals surface area contributed by atoms with Crippen LogP contribution in [0.3, 0.4) is 0 Å². The first-order valence-corrected chi connectivity index (χ1v) is 5.91. The molecule has 0 amide bonds. The molecule has 0 aliphatic heterocycles. The van der Waals surface area contributed by atoms with Crippen molar-refractivity contribution in [3.05, 3.63) is 70.5 Å². The molecule has 1 N–H and O–H groups in total. The summed E-state index contributed by atoms with van der Waals surface area (Å²) >= 11 is 5.80.